The van der Waals surface area contributed by atoms with E-state index < -0.39 is 0 Å². The highest BCUT2D eigenvalue weighted by atomic mass is 32.2. The van der Waals surface area contributed by atoms with Gasteiger partial charge in [0.1, 0.15) is 6.33 Å². The third-order valence-electron chi connectivity index (χ3n) is 5.03. The lowest BCUT2D eigenvalue weighted by Gasteiger charge is -2.12. The third kappa shape index (κ3) is 5.86. The Kier molecular flexibility index (Phi) is 7.52. The number of nitrogens with one attached hydrogen (secondary N) is 1. The van der Waals surface area contributed by atoms with Gasteiger partial charge in [0.25, 0.3) is 0 Å². The van der Waals surface area contributed by atoms with Gasteiger partial charge in [-0.1, -0.05) is 30.0 Å². The van der Waals surface area contributed by atoms with Gasteiger partial charge in [0.15, 0.2) is 5.16 Å². The van der Waals surface area contributed by atoms with Crippen molar-refractivity contribution in [3.05, 3.63) is 65.5 Å². The van der Waals surface area contributed by atoms with E-state index in [9.17, 15) is 4.79 Å². The van der Waals surface area contributed by atoms with Crippen LogP contribution in [0.4, 0.5) is 5.69 Å². The fourth-order valence-electron chi connectivity index (χ4n) is 3.04. The second-order valence-corrected chi connectivity index (χ2v) is 8.50. The Bertz CT molecular complexity index is 982. The van der Waals surface area contributed by atoms with Crippen molar-refractivity contribution in [2.24, 2.45) is 0 Å². The number of amides is 1. The molecule has 6 nitrogen and oxygen atoms in total. The number of anilines is 1. The average Bonchev–Trinajstić information content (AvgIpc) is 3.20. The summed E-state index contributed by atoms with van der Waals surface area (Å²) >= 11 is 1.40. The molecule has 158 valence electrons. The zero-order valence-corrected chi connectivity index (χ0v) is 18.9. The van der Waals surface area contributed by atoms with Gasteiger partial charge in [0.05, 0.1) is 5.75 Å². The summed E-state index contributed by atoms with van der Waals surface area (Å²) in [7, 11) is 4.07. The zero-order valence-electron chi connectivity index (χ0n) is 18.1. The van der Waals surface area contributed by atoms with Crippen LogP contribution < -0.4 is 10.2 Å². The van der Waals surface area contributed by atoms with Gasteiger partial charge in [-0.15, -0.1) is 10.2 Å². The molecular weight excluding hydrogens is 394 g/mol. The molecule has 0 spiro atoms. The highest BCUT2D eigenvalue weighted by Crippen LogP contribution is 2.21. The first-order valence-corrected chi connectivity index (χ1v) is 11.1. The average molecular weight is 424 g/mol. The molecule has 0 atom stereocenters. The van der Waals surface area contributed by atoms with E-state index >= 15 is 0 Å². The summed E-state index contributed by atoms with van der Waals surface area (Å²) in [5.74, 6) is 0.332. The van der Waals surface area contributed by atoms with Crippen molar-refractivity contribution in [3.8, 4) is 5.69 Å². The molecule has 30 heavy (non-hydrogen) atoms. The Balaban J connectivity index is 1.43. The van der Waals surface area contributed by atoms with Crippen molar-refractivity contribution in [1.82, 2.24) is 20.1 Å². The fraction of sp³-hybridized carbons (Fsp3) is 0.348. The minimum Gasteiger partial charge on any atom is -0.378 e. The molecule has 0 saturated heterocycles. The Morgan fingerprint density at radius 3 is 2.57 bits per heavy atom. The van der Waals surface area contributed by atoms with E-state index in [1.54, 1.807) is 6.33 Å². The van der Waals surface area contributed by atoms with E-state index in [0.29, 0.717) is 12.3 Å². The molecule has 3 aromatic rings. The number of benzene rings is 2. The Hall–Kier alpha value is -2.80. The predicted octanol–water partition coefficient (Wildman–Crippen LogP) is 3.79. The van der Waals surface area contributed by atoms with E-state index in [2.05, 4.69) is 70.7 Å². The van der Waals surface area contributed by atoms with Crippen LogP contribution in [0.1, 0.15) is 23.1 Å². The number of carbonyl (C=O) groups excluding carboxylic acids is 1. The largest absolute Gasteiger partial charge is 0.378 e. The quantitative estimate of drug-likeness (QED) is 0.419. The highest BCUT2D eigenvalue weighted by molar-refractivity contribution is 7.99. The van der Waals surface area contributed by atoms with Crippen molar-refractivity contribution in [2.45, 2.75) is 31.8 Å². The van der Waals surface area contributed by atoms with Crippen LogP contribution >= 0.6 is 11.8 Å². The maximum Gasteiger partial charge on any atom is 0.230 e. The molecule has 0 saturated carbocycles. The second-order valence-electron chi connectivity index (χ2n) is 7.56. The Labute approximate surface area is 182 Å². The van der Waals surface area contributed by atoms with Gasteiger partial charge < -0.3 is 10.2 Å². The molecule has 7 heteroatoms. The molecule has 0 radical (unpaired) electrons. The molecule has 0 unspecified atom stereocenters. The lowest BCUT2D eigenvalue weighted by molar-refractivity contribution is -0.118. The van der Waals surface area contributed by atoms with Crippen molar-refractivity contribution in [2.75, 3.05) is 31.3 Å². The fourth-order valence-corrected chi connectivity index (χ4v) is 3.80. The van der Waals surface area contributed by atoms with E-state index in [4.69, 9.17) is 0 Å². The molecule has 0 fully saturated rings. The summed E-state index contributed by atoms with van der Waals surface area (Å²) in [6.07, 6.45) is 3.55. The summed E-state index contributed by atoms with van der Waals surface area (Å²) in [4.78, 5) is 14.3. The molecule has 2 aromatic carbocycles. The minimum atomic E-state index is 0.0117. The van der Waals surface area contributed by atoms with Crippen LogP contribution in [0.5, 0.6) is 0 Å². The molecule has 1 aromatic heterocycles. The topological polar surface area (TPSA) is 63.1 Å². The van der Waals surface area contributed by atoms with Crippen LogP contribution in [-0.2, 0) is 11.2 Å². The lowest BCUT2D eigenvalue weighted by Crippen LogP contribution is -2.26. The Morgan fingerprint density at radius 1 is 1.10 bits per heavy atom. The SMILES string of the molecule is Cc1ccc(-n2cnnc2SCC(=O)NCCCc2ccc(N(C)C)cc2)cc1C. The first-order chi connectivity index (χ1) is 14.4. The van der Waals surface area contributed by atoms with Crippen molar-refractivity contribution in [3.63, 3.8) is 0 Å². The Morgan fingerprint density at radius 2 is 1.87 bits per heavy atom. The van der Waals surface area contributed by atoms with Gasteiger partial charge in [0.2, 0.25) is 5.91 Å². The van der Waals surface area contributed by atoms with Gasteiger partial charge in [-0.05, 0) is 67.6 Å². The number of nitrogens with zero attached hydrogens (tertiary/aromatic N) is 4. The summed E-state index contributed by atoms with van der Waals surface area (Å²) in [5, 5.41) is 11.9. The number of aryl methyl sites for hydroxylation is 3. The molecule has 1 N–H and O–H groups in total. The maximum absolute atomic E-state index is 12.2. The van der Waals surface area contributed by atoms with Gasteiger partial charge in [0, 0.05) is 32.0 Å². The summed E-state index contributed by atoms with van der Waals surface area (Å²) in [5.41, 5.74) is 5.94. The normalized spacial score (nSPS) is 10.8. The number of carbonyl (C=O) groups is 1. The van der Waals surface area contributed by atoms with Gasteiger partial charge in [-0.3, -0.25) is 9.36 Å². The molecule has 0 aliphatic carbocycles. The van der Waals surface area contributed by atoms with E-state index in [1.807, 2.05) is 24.7 Å². The molecule has 3 rings (SSSR count). The molecule has 0 aliphatic rings. The van der Waals surface area contributed by atoms with Crippen molar-refractivity contribution < 1.29 is 4.79 Å². The van der Waals surface area contributed by atoms with Crippen LogP contribution in [0.25, 0.3) is 5.69 Å². The molecule has 1 amide bonds. The number of thioether (sulfide) groups is 1. The monoisotopic (exact) mass is 423 g/mol. The van der Waals surface area contributed by atoms with E-state index in [0.717, 1.165) is 23.7 Å². The first kappa shape index (κ1) is 21.9. The van der Waals surface area contributed by atoms with Gasteiger partial charge >= 0.3 is 0 Å². The summed E-state index contributed by atoms with van der Waals surface area (Å²) < 4.78 is 1.92. The molecule has 1 heterocycles. The van der Waals surface area contributed by atoms with Crippen LogP contribution in [0, 0.1) is 13.8 Å². The van der Waals surface area contributed by atoms with Crippen LogP contribution in [0.15, 0.2) is 53.9 Å². The molecule has 0 aliphatic heterocycles. The van der Waals surface area contributed by atoms with Crippen LogP contribution in [0.2, 0.25) is 0 Å². The molecule has 0 bridgehead atoms. The minimum absolute atomic E-state index is 0.0117. The highest BCUT2D eigenvalue weighted by Gasteiger charge is 2.10. The zero-order chi connectivity index (χ0) is 21.5. The van der Waals surface area contributed by atoms with E-state index in [1.165, 1.54) is 34.1 Å². The van der Waals surface area contributed by atoms with Gasteiger partial charge in [-0.25, -0.2) is 0 Å². The number of hydrogen-bond donors (Lipinski definition) is 1. The number of rotatable bonds is 9. The maximum atomic E-state index is 12.2. The van der Waals surface area contributed by atoms with E-state index in [-0.39, 0.29) is 5.91 Å². The first-order valence-electron chi connectivity index (χ1n) is 10.1. The number of aromatic nitrogens is 3. The summed E-state index contributed by atoms with van der Waals surface area (Å²) in [6, 6.07) is 14.8. The van der Waals surface area contributed by atoms with Gasteiger partial charge in [-0.2, -0.15) is 0 Å². The standard InChI is InChI=1S/C23H29N5OS/c1-17-7-10-21(14-18(17)2)28-16-25-26-23(28)30-15-22(29)24-13-5-6-19-8-11-20(12-9-19)27(3)4/h7-12,14,16H,5-6,13,15H2,1-4H3,(H,24,29). The van der Waals surface area contributed by atoms with Crippen LogP contribution in [-0.4, -0.2) is 47.1 Å². The van der Waals surface area contributed by atoms with Crippen molar-refractivity contribution >= 4 is 23.4 Å². The summed E-state index contributed by atoms with van der Waals surface area (Å²) in [6.45, 7) is 4.84. The number of hydrogen-bond acceptors (Lipinski definition) is 5. The third-order valence-corrected chi connectivity index (χ3v) is 5.98. The predicted molar refractivity (Wildman–Crippen MR) is 124 cm³/mol. The second kappa shape index (κ2) is 10.3. The lowest BCUT2D eigenvalue weighted by atomic mass is 10.1. The smallest absolute Gasteiger partial charge is 0.230 e. The molecular formula is C23H29N5OS. The van der Waals surface area contributed by atoms with Crippen LogP contribution in [0.3, 0.4) is 0 Å². The van der Waals surface area contributed by atoms with Crippen molar-refractivity contribution in [1.29, 1.82) is 0 Å².